The molecular weight excluding hydrogens is 232 g/mol. The van der Waals surface area contributed by atoms with Gasteiger partial charge in [0.1, 0.15) is 0 Å². The zero-order valence-electron chi connectivity index (χ0n) is 10.6. The highest BCUT2D eigenvalue weighted by atomic mass is 19.3. The van der Waals surface area contributed by atoms with Crippen molar-refractivity contribution >= 4 is 0 Å². The van der Waals surface area contributed by atoms with Crippen LogP contribution in [-0.2, 0) is 6.42 Å². The first-order valence-electron chi connectivity index (χ1n) is 6.74. The van der Waals surface area contributed by atoms with E-state index in [9.17, 15) is 8.78 Å². The molecule has 0 amide bonds. The predicted octanol–water partition coefficient (Wildman–Crippen LogP) is 3.77. The van der Waals surface area contributed by atoms with Crippen LogP contribution in [0.3, 0.4) is 0 Å². The molecule has 1 aromatic carbocycles. The SMILES string of the molecule is NC(CCc1ccccc1)C1CCC(F)(F)CC1. The normalized spacial score (nSPS) is 21.7. The van der Waals surface area contributed by atoms with Gasteiger partial charge < -0.3 is 5.73 Å². The number of rotatable bonds is 4. The lowest BCUT2D eigenvalue weighted by Crippen LogP contribution is -2.36. The molecule has 100 valence electrons. The molecule has 1 atom stereocenters. The molecule has 0 saturated heterocycles. The van der Waals surface area contributed by atoms with Crippen molar-refractivity contribution in [2.75, 3.05) is 0 Å². The summed E-state index contributed by atoms with van der Waals surface area (Å²) < 4.78 is 26.1. The van der Waals surface area contributed by atoms with Crippen molar-refractivity contribution in [2.45, 2.75) is 50.5 Å². The number of alkyl halides is 2. The molecule has 0 bridgehead atoms. The summed E-state index contributed by atoms with van der Waals surface area (Å²) in [7, 11) is 0. The molecule has 2 rings (SSSR count). The van der Waals surface area contributed by atoms with Gasteiger partial charge in [-0.25, -0.2) is 8.78 Å². The Morgan fingerprint density at radius 1 is 1.17 bits per heavy atom. The molecule has 1 unspecified atom stereocenters. The van der Waals surface area contributed by atoms with E-state index in [-0.39, 0.29) is 24.8 Å². The lowest BCUT2D eigenvalue weighted by atomic mass is 9.80. The summed E-state index contributed by atoms with van der Waals surface area (Å²) >= 11 is 0. The summed E-state index contributed by atoms with van der Waals surface area (Å²) in [6.45, 7) is 0. The van der Waals surface area contributed by atoms with Gasteiger partial charge in [0.2, 0.25) is 5.92 Å². The number of hydrogen-bond donors (Lipinski definition) is 1. The minimum Gasteiger partial charge on any atom is -0.327 e. The van der Waals surface area contributed by atoms with Crippen LogP contribution in [0.4, 0.5) is 8.78 Å². The first-order chi connectivity index (χ1) is 8.57. The summed E-state index contributed by atoms with van der Waals surface area (Å²) in [4.78, 5) is 0. The van der Waals surface area contributed by atoms with Crippen molar-refractivity contribution in [3.05, 3.63) is 35.9 Å². The van der Waals surface area contributed by atoms with Gasteiger partial charge in [-0.05, 0) is 37.2 Å². The van der Waals surface area contributed by atoms with Crippen molar-refractivity contribution in [3.63, 3.8) is 0 Å². The standard InChI is InChI=1S/C15H21F2N/c16-15(17)10-8-13(9-11-15)14(18)7-6-12-4-2-1-3-5-12/h1-5,13-14H,6-11,18H2. The van der Waals surface area contributed by atoms with Gasteiger partial charge in [0.05, 0.1) is 0 Å². The van der Waals surface area contributed by atoms with E-state index in [1.54, 1.807) is 0 Å². The van der Waals surface area contributed by atoms with E-state index in [0.717, 1.165) is 12.8 Å². The Hall–Kier alpha value is -0.960. The highest BCUT2D eigenvalue weighted by molar-refractivity contribution is 5.14. The Morgan fingerprint density at radius 2 is 1.78 bits per heavy atom. The Balaban J connectivity index is 1.77. The van der Waals surface area contributed by atoms with Crippen molar-refractivity contribution in [1.29, 1.82) is 0 Å². The molecule has 1 aromatic rings. The highest BCUT2D eigenvalue weighted by Gasteiger charge is 2.36. The smallest absolute Gasteiger partial charge is 0.248 e. The van der Waals surface area contributed by atoms with Gasteiger partial charge in [0.15, 0.2) is 0 Å². The van der Waals surface area contributed by atoms with Crippen LogP contribution in [0.5, 0.6) is 0 Å². The second kappa shape index (κ2) is 5.79. The molecule has 1 saturated carbocycles. The Kier molecular flexibility index (Phi) is 4.33. The first kappa shape index (κ1) is 13.5. The summed E-state index contributed by atoms with van der Waals surface area (Å²) in [5, 5.41) is 0. The second-order valence-corrected chi connectivity index (χ2v) is 5.38. The fourth-order valence-corrected chi connectivity index (χ4v) is 2.70. The molecule has 3 heteroatoms. The van der Waals surface area contributed by atoms with Gasteiger partial charge in [-0.1, -0.05) is 30.3 Å². The summed E-state index contributed by atoms with van der Waals surface area (Å²) in [6.07, 6.45) is 2.99. The lowest BCUT2D eigenvalue weighted by Gasteiger charge is -2.32. The van der Waals surface area contributed by atoms with E-state index in [0.29, 0.717) is 12.8 Å². The van der Waals surface area contributed by atoms with Crippen molar-refractivity contribution in [2.24, 2.45) is 11.7 Å². The maximum atomic E-state index is 13.1. The van der Waals surface area contributed by atoms with Crippen LogP contribution in [-0.4, -0.2) is 12.0 Å². The van der Waals surface area contributed by atoms with E-state index in [1.807, 2.05) is 18.2 Å². The quantitative estimate of drug-likeness (QED) is 0.868. The molecule has 0 aromatic heterocycles. The average molecular weight is 253 g/mol. The predicted molar refractivity (Wildman–Crippen MR) is 69.6 cm³/mol. The maximum Gasteiger partial charge on any atom is 0.248 e. The van der Waals surface area contributed by atoms with Crippen molar-refractivity contribution in [1.82, 2.24) is 0 Å². The number of nitrogens with two attached hydrogens (primary N) is 1. The first-order valence-corrected chi connectivity index (χ1v) is 6.74. The van der Waals surface area contributed by atoms with Crippen molar-refractivity contribution < 1.29 is 8.78 Å². The van der Waals surface area contributed by atoms with Crippen molar-refractivity contribution in [3.8, 4) is 0 Å². The van der Waals surface area contributed by atoms with E-state index in [1.165, 1.54) is 5.56 Å². The average Bonchev–Trinajstić information content (AvgIpc) is 2.37. The minimum absolute atomic E-state index is 0.0106. The molecule has 1 aliphatic rings. The molecule has 0 radical (unpaired) electrons. The van der Waals surface area contributed by atoms with E-state index in [4.69, 9.17) is 5.73 Å². The zero-order valence-corrected chi connectivity index (χ0v) is 10.6. The van der Waals surface area contributed by atoms with Crippen LogP contribution in [0.1, 0.15) is 37.7 Å². The third-order valence-corrected chi connectivity index (χ3v) is 3.98. The molecule has 0 heterocycles. The number of aryl methyl sites for hydroxylation is 1. The summed E-state index contributed by atoms with van der Waals surface area (Å²) in [6, 6.07) is 10.3. The van der Waals surface area contributed by atoms with Gasteiger partial charge >= 0.3 is 0 Å². The van der Waals surface area contributed by atoms with Crippen LogP contribution in [0.15, 0.2) is 30.3 Å². The van der Waals surface area contributed by atoms with Gasteiger partial charge in [-0.3, -0.25) is 0 Å². The number of hydrogen-bond acceptors (Lipinski definition) is 1. The van der Waals surface area contributed by atoms with Gasteiger partial charge in [0, 0.05) is 18.9 Å². The summed E-state index contributed by atoms with van der Waals surface area (Å²) in [5.41, 5.74) is 7.41. The molecule has 0 spiro atoms. The molecule has 1 fully saturated rings. The van der Waals surface area contributed by atoms with Gasteiger partial charge in [-0.15, -0.1) is 0 Å². The van der Waals surface area contributed by atoms with Crippen LogP contribution in [0, 0.1) is 5.92 Å². The van der Waals surface area contributed by atoms with Crippen LogP contribution >= 0.6 is 0 Å². The fraction of sp³-hybridized carbons (Fsp3) is 0.600. The van der Waals surface area contributed by atoms with Crippen LogP contribution < -0.4 is 5.73 Å². The Morgan fingerprint density at radius 3 is 2.39 bits per heavy atom. The largest absolute Gasteiger partial charge is 0.327 e. The van der Waals surface area contributed by atoms with Crippen LogP contribution in [0.2, 0.25) is 0 Å². The third kappa shape index (κ3) is 3.77. The van der Waals surface area contributed by atoms with Gasteiger partial charge in [0.25, 0.3) is 0 Å². The van der Waals surface area contributed by atoms with E-state index < -0.39 is 5.92 Å². The minimum atomic E-state index is -2.45. The van der Waals surface area contributed by atoms with Crippen LogP contribution in [0.25, 0.3) is 0 Å². The number of halogens is 2. The number of benzene rings is 1. The molecule has 18 heavy (non-hydrogen) atoms. The Bertz CT molecular complexity index is 354. The maximum absolute atomic E-state index is 13.1. The lowest BCUT2D eigenvalue weighted by molar-refractivity contribution is -0.0484. The van der Waals surface area contributed by atoms with Gasteiger partial charge in [-0.2, -0.15) is 0 Å². The zero-order chi connectivity index (χ0) is 13.0. The van der Waals surface area contributed by atoms with E-state index in [2.05, 4.69) is 12.1 Å². The molecule has 1 nitrogen and oxygen atoms in total. The second-order valence-electron chi connectivity index (χ2n) is 5.38. The third-order valence-electron chi connectivity index (χ3n) is 3.98. The molecular formula is C15H21F2N. The topological polar surface area (TPSA) is 26.0 Å². The molecule has 0 aliphatic heterocycles. The molecule has 2 N–H and O–H groups in total. The summed E-state index contributed by atoms with van der Waals surface area (Å²) in [5.74, 6) is -2.18. The Labute approximate surface area is 107 Å². The highest BCUT2D eigenvalue weighted by Crippen LogP contribution is 2.37. The molecule has 1 aliphatic carbocycles. The fourth-order valence-electron chi connectivity index (χ4n) is 2.70. The van der Waals surface area contributed by atoms with E-state index >= 15 is 0 Å². The monoisotopic (exact) mass is 253 g/mol.